The van der Waals surface area contributed by atoms with Crippen molar-refractivity contribution in [3.63, 3.8) is 0 Å². The lowest BCUT2D eigenvalue weighted by molar-refractivity contribution is 1.06. The Morgan fingerprint density at radius 3 is 1.19 bits per heavy atom. The van der Waals surface area contributed by atoms with Crippen molar-refractivity contribution in [2.45, 2.75) is 0 Å². The molecule has 0 aliphatic carbocycles. The Balaban J connectivity index is 1.09. The van der Waals surface area contributed by atoms with Gasteiger partial charge in [0.2, 0.25) is 0 Å². The van der Waals surface area contributed by atoms with Gasteiger partial charge in [0.15, 0.2) is 0 Å². The maximum Gasteiger partial charge on any atom is 0.131 e. The molecule has 0 N–H and O–H groups in total. The Bertz CT molecular complexity index is 3790. The number of rotatable bonds is 7. The van der Waals surface area contributed by atoms with Crippen molar-refractivity contribution < 1.29 is 0 Å². The molecule has 13 rings (SSSR count). The van der Waals surface area contributed by atoms with Gasteiger partial charge in [-0.05, 0) is 101 Å². The Hall–Kier alpha value is -7.70. The van der Waals surface area contributed by atoms with Gasteiger partial charge < -0.3 is 4.57 Å². The van der Waals surface area contributed by atoms with Gasteiger partial charge in [-0.3, -0.25) is 9.13 Å². The van der Waals surface area contributed by atoms with Crippen molar-refractivity contribution in [1.82, 2.24) is 13.7 Å². The van der Waals surface area contributed by atoms with Crippen LogP contribution in [0.2, 0.25) is 0 Å². The van der Waals surface area contributed by atoms with Gasteiger partial charge in [0.1, 0.15) is 5.65 Å². The van der Waals surface area contributed by atoms with Crippen LogP contribution < -0.4 is 0 Å². The highest BCUT2D eigenvalue weighted by Gasteiger charge is 2.24. The zero-order valence-corrected chi connectivity index (χ0v) is 35.7. The first kappa shape index (κ1) is 36.0. The molecule has 3 nitrogen and oxygen atoms in total. The SMILES string of the molecule is c1ccc(-c2ccc(-c3ccc4c5c6ccc(-c7ccc(-c8ccccc8)s7)cc6n(-c6cccc(-n7c8ccccc8c8ccccc87)c6)c5n(-c5ccccc5)c4c3)s2)cc1. The fourth-order valence-electron chi connectivity index (χ4n) is 9.67. The smallest absolute Gasteiger partial charge is 0.131 e. The van der Waals surface area contributed by atoms with Crippen molar-refractivity contribution in [1.29, 1.82) is 0 Å². The van der Waals surface area contributed by atoms with E-state index in [-0.39, 0.29) is 0 Å². The summed E-state index contributed by atoms with van der Waals surface area (Å²) in [7, 11) is 0. The van der Waals surface area contributed by atoms with E-state index in [0.717, 1.165) is 22.7 Å². The van der Waals surface area contributed by atoms with Crippen molar-refractivity contribution in [2.24, 2.45) is 0 Å². The molecule has 0 aliphatic rings. The second kappa shape index (κ2) is 14.5. The second-order valence-electron chi connectivity index (χ2n) is 16.1. The monoisotopic (exact) mass is 839 g/mol. The van der Waals surface area contributed by atoms with Crippen LogP contribution in [-0.2, 0) is 0 Å². The molecule has 0 bridgehead atoms. The second-order valence-corrected chi connectivity index (χ2v) is 18.3. The number of hydrogen-bond donors (Lipinski definition) is 0. The van der Waals surface area contributed by atoms with Crippen LogP contribution in [0, 0.1) is 0 Å². The first-order chi connectivity index (χ1) is 31.2. The molecule has 0 spiro atoms. The lowest BCUT2D eigenvalue weighted by Gasteiger charge is -2.15. The summed E-state index contributed by atoms with van der Waals surface area (Å²) in [6.07, 6.45) is 0. The minimum Gasteiger partial charge on any atom is -0.309 e. The van der Waals surface area contributed by atoms with E-state index in [9.17, 15) is 0 Å². The predicted octanol–water partition coefficient (Wildman–Crippen LogP) is 16.6. The zero-order valence-electron chi connectivity index (χ0n) is 34.0. The highest BCUT2D eigenvalue weighted by atomic mass is 32.1. The third kappa shape index (κ3) is 5.78. The van der Waals surface area contributed by atoms with Gasteiger partial charge in [-0.15, -0.1) is 22.7 Å². The third-order valence-corrected chi connectivity index (χ3v) is 14.9. The largest absolute Gasteiger partial charge is 0.309 e. The molecule has 0 fully saturated rings. The van der Waals surface area contributed by atoms with Crippen LogP contribution in [0.5, 0.6) is 0 Å². The molecule has 0 aliphatic heterocycles. The van der Waals surface area contributed by atoms with Crippen LogP contribution in [0.3, 0.4) is 0 Å². The number of nitrogens with zero attached hydrogens (tertiary/aromatic N) is 3. The van der Waals surface area contributed by atoms with E-state index in [1.54, 1.807) is 0 Å². The standard InChI is InChI=1S/C58H37N3S2/c1-4-15-38(16-5-1)53-31-33-55(62-53)40-27-29-47-51(35-40)60(42-19-8-3-9-20-42)58-57(47)48-30-28-41(56-34-32-54(63-56)39-17-6-2-7-18-39)36-52(48)61(58)44-22-14-21-43(37-44)59-49-25-12-10-23-45(49)46-24-11-13-26-50(46)59/h1-37H. The normalized spacial score (nSPS) is 11.8. The third-order valence-electron chi connectivity index (χ3n) is 12.5. The van der Waals surface area contributed by atoms with Crippen LogP contribution in [0.25, 0.3) is 113 Å². The van der Waals surface area contributed by atoms with Gasteiger partial charge in [-0.1, -0.05) is 146 Å². The van der Waals surface area contributed by atoms with Gasteiger partial charge in [0.25, 0.3) is 0 Å². The summed E-state index contributed by atoms with van der Waals surface area (Å²) in [5, 5.41) is 6.21. The average Bonchev–Trinajstić information content (AvgIpc) is 4.20. The molecule has 0 atom stereocenters. The van der Waals surface area contributed by atoms with Gasteiger partial charge in [0.05, 0.1) is 22.1 Å². The molecular formula is C58H37N3S2. The Morgan fingerprint density at radius 2 is 0.667 bits per heavy atom. The highest BCUT2D eigenvalue weighted by Crippen LogP contribution is 2.45. The van der Waals surface area contributed by atoms with E-state index < -0.39 is 0 Å². The van der Waals surface area contributed by atoms with Crippen LogP contribution in [0.1, 0.15) is 0 Å². The lowest BCUT2D eigenvalue weighted by atomic mass is 10.1. The van der Waals surface area contributed by atoms with E-state index in [2.05, 4.69) is 238 Å². The van der Waals surface area contributed by atoms with Gasteiger partial charge in [-0.25, -0.2) is 0 Å². The summed E-state index contributed by atoms with van der Waals surface area (Å²) in [6, 6.07) is 82.1. The van der Waals surface area contributed by atoms with Gasteiger partial charge >= 0.3 is 0 Å². The summed E-state index contributed by atoms with van der Waals surface area (Å²) < 4.78 is 7.43. The van der Waals surface area contributed by atoms with Crippen LogP contribution >= 0.6 is 22.7 Å². The molecule has 0 unspecified atom stereocenters. The maximum absolute atomic E-state index is 2.52. The topological polar surface area (TPSA) is 14.8 Å². The molecule has 0 saturated carbocycles. The molecule has 5 heteroatoms. The number of thiophene rings is 2. The summed E-state index contributed by atoms with van der Waals surface area (Å²) in [4.78, 5) is 5.04. The summed E-state index contributed by atoms with van der Waals surface area (Å²) >= 11 is 3.69. The molecule has 5 heterocycles. The number of benzene rings is 8. The first-order valence-corrected chi connectivity index (χ1v) is 23.0. The fraction of sp³-hybridized carbons (Fsp3) is 0. The van der Waals surface area contributed by atoms with E-state index in [4.69, 9.17) is 0 Å². The van der Waals surface area contributed by atoms with E-state index in [1.165, 1.54) is 90.8 Å². The Morgan fingerprint density at radius 1 is 0.254 bits per heavy atom. The molecule has 5 aromatic heterocycles. The molecule has 0 amide bonds. The summed E-state index contributed by atoms with van der Waals surface area (Å²) in [6.45, 7) is 0. The van der Waals surface area contributed by atoms with Gasteiger partial charge in [-0.2, -0.15) is 0 Å². The van der Waals surface area contributed by atoms with E-state index in [0.29, 0.717) is 0 Å². The van der Waals surface area contributed by atoms with Crippen molar-refractivity contribution in [2.75, 3.05) is 0 Å². The fourth-order valence-corrected chi connectivity index (χ4v) is 11.7. The van der Waals surface area contributed by atoms with Gasteiger partial charge in [0, 0.05) is 63.5 Å². The maximum atomic E-state index is 2.52. The van der Waals surface area contributed by atoms with Crippen LogP contribution in [0.15, 0.2) is 224 Å². The lowest BCUT2D eigenvalue weighted by Crippen LogP contribution is -2.03. The average molecular weight is 840 g/mol. The number of fused-ring (bicyclic) bond motifs is 8. The molecule has 63 heavy (non-hydrogen) atoms. The molecule has 296 valence electrons. The Kier molecular flexibility index (Phi) is 8.26. The zero-order chi connectivity index (χ0) is 41.4. The van der Waals surface area contributed by atoms with Crippen molar-refractivity contribution >= 4 is 77.3 Å². The summed E-state index contributed by atoms with van der Waals surface area (Å²) in [5.74, 6) is 0. The Labute approximate surface area is 372 Å². The van der Waals surface area contributed by atoms with Crippen molar-refractivity contribution in [3.05, 3.63) is 224 Å². The minimum absolute atomic E-state index is 1.11. The molecule has 13 aromatic rings. The quantitative estimate of drug-likeness (QED) is 0.152. The van der Waals surface area contributed by atoms with E-state index in [1.807, 2.05) is 22.7 Å². The van der Waals surface area contributed by atoms with Crippen LogP contribution in [0.4, 0.5) is 0 Å². The minimum atomic E-state index is 1.11. The number of aromatic nitrogens is 3. The molecule has 8 aromatic carbocycles. The predicted molar refractivity (Wildman–Crippen MR) is 269 cm³/mol. The first-order valence-electron chi connectivity index (χ1n) is 21.3. The summed E-state index contributed by atoms with van der Waals surface area (Å²) in [5.41, 5.74) is 14.2. The van der Waals surface area contributed by atoms with Crippen LogP contribution in [-0.4, -0.2) is 13.7 Å². The molecule has 0 radical (unpaired) electrons. The van der Waals surface area contributed by atoms with Crippen molar-refractivity contribution in [3.8, 4) is 58.8 Å². The number of para-hydroxylation sites is 3. The molecular weight excluding hydrogens is 803 g/mol. The highest BCUT2D eigenvalue weighted by molar-refractivity contribution is 7.19. The van der Waals surface area contributed by atoms with E-state index >= 15 is 0 Å². The molecule has 0 saturated heterocycles. The number of hydrogen-bond acceptors (Lipinski definition) is 2.